The van der Waals surface area contributed by atoms with E-state index in [2.05, 4.69) is 17.2 Å². The highest BCUT2D eigenvalue weighted by Crippen LogP contribution is 2.27. The summed E-state index contributed by atoms with van der Waals surface area (Å²) in [6.07, 6.45) is 0. The standard InChI is InChI=1S/C16H20N2O2S/c1-5-20-16(19)13-8-6-7-9-14(13)17-10(2)15-11(3)21-12(4)18-15/h6-10,17H,5H2,1-4H3. The minimum atomic E-state index is -0.306. The number of carbonyl (C=O) groups excluding carboxylic acids is 1. The lowest BCUT2D eigenvalue weighted by molar-refractivity contribution is 0.0527. The second kappa shape index (κ2) is 6.72. The Morgan fingerprint density at radius 1 is 1.38 bits per heavy atom. The van der Waals surface area contributed by atoms with Crippen LogP contribution in [0.25, 0.3) is 0 Å². The van der Waals surface area contributed by atoms with Crippen LogP contribution in [-0.2, 0) is 4.74 Å². The Morgan fingerprint density at radius 2 is 2.10 bits per heavy atom. The second-order valence-electron chi connectivity index (χ2n) is 4.81. The summed E-state index contributed by atoms with van der Waals surface area (Å²) in [6.45, 7) is 8.28. The number of aryl methyl sites for hydroxylation is 2. The van der Waals surface area contributed by atoms with Crippen molar-refractivity contribution < 1.29 is 9.53 Å². The average Bonchev–Trinajstić information content (AvgIpc) is 2.78. The van der Waals surface area contributed by atoms with E-state index in [1.54, 1.807) is 24.3 Å². The van der Waals surface area contributed by atoms with Gasteiger partial charge in [-0.3, -0.25) is 0 Å². The molecule has 1 atom stereocenters. The summed E-state index contributed by atoms with van der Waals surface area (Å²) in [5, 5.41) is 4.41. The molecule has 21 heavy (non-hydrogen) atoms. The van der Waals surface area contributed by atoms with E-state index >= 15 is 0 Å². The highest BCUT2D eigenvalue weighted by atomic mass is 32.1. The molecule has 0 aliphatic heterocycles. The molecule has 5 heteroatoms. The number of anilines is 1. The lowest BCUT2D eigenvalue weighted by atomic mass is 10.1. The number of nitrogens with zero attached hydrogens (tertiary/aromatic N) is 1. The fourth-order valence-corrected chi connectivity index (χ4v) is 3.16. The van der Waals surface area contributed by atoms with Gasteiger partial charge >= 0.3 is 5.97 Å². The van der Waals surface area contributed by atoms with Crippen molar-refractivity contribution >= 4 is 23.0 Å². The molecular formula is C16H20N2O2S. The van der Waals surface area contributed by atoms with Gasteiger partial charge in [-0.05, 0) is 39.8 Å². The summed E-state index contributed by atoms with van der Waals surface area (Å²) in [6, 6.07) is 7.42. The molecule has 0 amide bonds. The highest BCUT2D eigenvalue weighted by Gasteiger charge is 2.17. The molecule has 0 aliphatic rings. The molecule has 1 aromatic heterocycles. The van der Waals surface area contributed by atoms with Crippen molar-refractivity contribution in [2.75, 3.05) is 11.9 Å². The van der Waals surface area contributed by atoms with Gasteiger partial charge in [0.15, 0.2) is 0 Å². The van der Waals surface area contributed by atoms with E-state index in [0.29, 0.717) is 12.2 Å². The van der Waals surface area contributed by atoms with Crippen molar-refractivity contribution in [3.63, 3.8) is 0 Å². The van der Waals surface area contributed by atoms with Crippen LogP contribution in [0.4, 0.5) is 5.69 Å². The summed E-state index contributed by atoms with van der Waals surface area (Å²) in [5.74, 6) is -0.306. The van der Waals surface area contributed by atoms with E-state index in [1.807, 2.05) is 32.0 Å². The molecule has 2 aromatic rings. The molecule has 4 nitrogen and oxygen atoms in total. The Labute approximate surface area is 129 Å². The van der Waals surface area contributed by atoms with Crippen LogP contribution >= 0.6 is 11.3 Å². The van der Waals surface area contributed by atoms with Crippen molar-refractivity contribution in [2.24, 2.45) is 0 Å². The third kappa shape index (κ3) is 3.61. The van der Waals surface area contributed by atoms with E-state index in [9.17, 15) is 4.79 Å². The van der Waals surface area contributed by atoms with E-state index in [4.69, 9.17) is 4.74 Å². The maximum absolute atomic E-state index is 12.0. The lowest BCUT2D eigenvalue weighted by Crippen LogP contribution is -2.13. The largest absolute Gasteiger partial charge is 0.462 e. The Bertz CT molecular complexity index is 637. The SMILES string of the molecule is CCOC(=O)c1ccccc1NC(C)c1nc(C)sc1C. The van der Waals surface area contributed by atoms with Crippen LogP contribution in [0.15, 0.2) is 24.3 Å². The monoisotopic (exact) mass is 304 g/mol. The zero-order valence-corrected chi connectivity index (χ0v) is 13.6. The van der Waals surface area contributed by atoms with Gasteiger partial charge in [0.1, 0.15) is 0 Å². The summed E-state index contributed by atoms with van der Waals surface area (Å²) < 4.78 is 5.09. The van der Waals surface area contributed by atoms with E-state index in [1.165, 1.54) is 4.88 Å². The van der Waals surface area contributed by atoms with Crippen molar-refractivity contribution in [2.45, 2.75) is 33.7 Å². The Kier molecular flexibility index (Phi) is 4.96. The fourth-order valence-electron chi connectivity index (χ4n) is 2.24. The second-order valence-corrected chi connectivity index (χ2v) is 6.21. The van der Waals surface area contributed by atoms with Crippen molar-refractivity contribution in [1.29, 1.82) is 0 Å². The first kappa shape index (κ1) is 15.5. The number of benzene rings is 1. The van der Waals surface area contributed by atoms with Crippen LogP contribution in [0, 0.1) is 13.8 Å². The number of para-hydroxylation sites is 1. The van der Waals surface area contributed by atoms with Crippen molar-refractivity contribution in [3.8, 4) is 0 Å². The van der Waals surface area contributed by atoms with Gasteiger partial charge in [-0.1, -0.05) is 12.1 Å². The molecule has 0 spiro atoms. The third-order valence-corrected chi connectivity index (χ3v) is 4.05. The minimum absolute atomic E-state index is 0.0329. The number of thiazole rings is 1. The van der Waals surface area contributed by atoms with Gasteiger partial charge in [-0.25, -0.2) is 9.78 Å². The summed E-state index contributed by atoms with van der Waals surface area (Å²) in [7, 11) is 0. The molecular weight excluding hydrogens is 284 g/mol. The summed E-state index contributed by atoms with van der Waals surface area (Å²) in [4.78, 5) is 17.7. The molecule has 0 bridgehead atoms. The number of carbonyl (C=O) groups is 1. The molecule has 0 fully saturated rings. The predicted octanol–water partition coefficient (Wildman–Crippen LogP) is 4.11. The summed E-state index contributed by atoms with van der Waals surface area (Å²) >= 11 is 1.68. The number of rotatable bonds is 5. The first-order valence-electron chi connectivity index (χ1n) is 6.99. The zero-order chi connectivity index (χ0) is 15.4. The number of hydrogen-bond donors (Lipinski definition) is 1. The van der Waals surface area contributed by atoms with Gasteiger partial charge < -0.3 is 10.1 Å². The van der Waals surface area contributed by atoms with Crippen LogP contribution in [0.2, 0.25) is 0 Å². The average molecular weight is 304 g/mol. The molecule has 1 aromatic carbocycles. The quantitative estimate of drug-likeness (QED) is 0.845. The third-order valence-electron chi connectivity index (χ3n) is 3.14. The van der Waals surface area contributed by atoms with Gasteiger partial charge in [0.25, 0.3) is 0 Å². The van der Waals surface area contributed by atoms with Gasteiger partial charge in [-0.2, -0.15) is 0 Å². The molecule has 0 saturated heterocycles. The van der Waals surface area contributed by atoms with E-state index in [-0.39, 0.29) is 12.0 Å². The van der Waals surface area contributed by atoms with Gasteiger partial charge in [0.05, 0.1) is 28.9 Å². The first-order valence-corrected chi connectivity index (χ1v) is 7.81. The summed E-state index contributed by atoms with van der Waals surface area (Å²) in [5.41, 5.74) is 2.35. The Balaban J connectivity index is 2.23. The van der Waals surface area contributed by atoms with Crippen LogP contribution in [0.5, 0.6) is 0 Å². The van der Waals surface area contributed by atoms with Crippen LogP contribution in [0.3, 0.4) is 0 Å². The minimum Gasteiger partial charge on any atom is -0.462 e. The molecule has 1 unspecified atom stereocenters. The number of aromatic nitrogens is 1. The molecule has 1 heterocycles. The van der Waals surface area contributed by atoms with Gasteiger partial charge in [0.2, 0.25) is 0 Å². The smallest absolute Gasteiger partial charge is 0.340 e. The van der Waals surface area contributed by atoms with Gasteiger partial charge in [-0.15, -0.1) is 11.3 Å². The maximum Gasteiger partial charge on any atom is 0.340 e. The van der Waals surface area contributed by atoms with Crippen LogP contribution in [-0.4, -0.2) is 17.6 Å². The van der Waals surface area contributed by atoms with E-state index < -0.39 is 0 Å². The zero-order valence-electron chi connectivity index (χ0n) is 12.8. The van der Waals surface area contributed by atoms with E-state index in [0.717, 1.165) is 16.4 Å². The van der Waals surface area contributed by atoms with Gasteiger partial charge in [0, 0.05) is 10.6 Å². The number of hydrogen-bond acceptors (Lipinski definition) is 5. The molecule has 0 saturated carbocycles. The maximum atomic E-state index is 12.0. The molecule has 0 aliphatic carbocycles. The molecule has 112 valence electrons. The molecule has 2 rings (SSSR count). The number of esters is 1. The van der Waals surface area contributed by atoms with Crippen molar-refractivity contribution in [1.82, 2.24) is 4.98 Å². The fraction of sp³-hybridized carbons (Fsp3) is 0.375. The lowest BCUT2D eigenvalue weighted by Gasteiger charge is -2.16. The van der Waals surface area contributed by atoms with Crippen LogP contribution < -0.4 is 5.32 Å². The molecule has 0 radical (unpaired) electrons. The van der Waals surface area contributed by atoms with Crippen LogP contribution in [0.1, 0.15) is 45.8 Å². The number of nitrogens with one attached hydrogen (secondary N) is 1. The molecule has 1 N–H and O–H groups in total. The normalized spacial score (nSPS) is 12.0. The Hall–Kier alpha value is -1.88. The predicted molar refractivity (Wildman–Crippen MR) is 86.0 cm³/mol. The topological polar surface area (TPSA) is 51.2 Å². The Morgan fingerprint density at radius 3 is 2.71 bits per heavy atom. The first-order chi connectivity index (χ1) is 10.0. The van der Waals surface area contributed by atoms with Crippen molar-refractivity contribution in [3.05, 3.63) is 45.4 Å². The highest BCUT2D eigenvalue weighted by molar-refractivity contribution is 7.11. The number of ether oxygens (including phenoxy) is 1.